The van der Waals surface area contributed by atoms with Gasteiger partial charge < -0.3 is 4.90 Å². The van der Waals surface area contributed by atoms with Crippen LogP contribution in [0.25, 0.3) is 42.1 Å². The molecule has 0 atom stereocenters. The Labute approximate surface area is 178 Å². The van der Waals surface area contributed by atoms with E-state index in [2.05, 4.69) is 108 Å². The standard InChI is InChI=1S/C28H17NS/c1-2-9-18(10-3-1)29-23-15-6-4-11-19(23)20-13-8-14-22-27(20)24(29)17-26-28(22)21-12-5-7-16-25(21)30-26/h1-17H. The molecule has 30 heavy (non-hydrogen) atoms. The highest BCUT2D eigenvalue weighted by Crippen LogP contribution is 2.53. The van der Waals surface area contributed by atoms with Crippen molar-refractivity contribution in [3.05, 3.63) is 103 Å². The van der Waals surface area contributed by atoms with E-state index in [9.17, 15) is 0 Å². The van der Waals surface area contributed by atoms with E-state index in [1.807, 2.05) is 11.3 Å². The third-order valence-corrected chi connectivity index (χ3v) is 7.29. The number of hydrogen-bond donors (Lipinski definition) is 0. The molecule has 0 amide bonds. The number of benzene rings is 5. The second kappa shape index (κ2) is 5.94. The number of fused-ring (bicyclic) bond motifs is 6. The van der Waals surface area contributed by atoms with Crippen molar-refractivity contribution in [3.63, 3.8) is 0 Å². The predicted molar refractivity (Wildman–Crippen MR) is 131 cm³/mol. The Morgan fingerprint density at radius 2 is 1.23 bits per heavy atom. The molecule has 140 valence electrons. The molecular formula is C28H17NS. The zero-order valence-corrected chi connectivity index (χ0v) is 17.0. The molecular weight excluding hydrogens is 382 g/mol. The van der Waals surface area contributed by atoms with Crippen molar-refractivity contribution >= 4 is 59.3 Å². The lowest BCUT2D eigenvalue weighted by atomic mass is 9.89. The lowest BCUT2D eigenvalue weighted by Gasteiger charge is -2.33. The molecule has 5 aromatic carbocycles. The van der Waals surface area contributed by atoms with Gasteiger partial charge >= 0.3 is 0 Å². The first-order valence-corrected chi connectivity index (χ1v) is 11.0. The maximum atomic E-state index is 2.43. The molecule has 0 unspecified atom stereocenters. The molecule has 0 N–H and O–H groups in total. The second-order valence-corrected chi connectivity index (χ2v) is 8.87. The number of thiophene rings is 1. The number of hydrogen-bond acceptors (Lipinski definition) is 2. The summed E-state index contributed by atoms with van der Waals surface area (Å²) in [5, 5.41) is 5.42. The normalized spacial score (nSPS) is 12.6. The van der Waals surface area contributed by atoms with Gasteiger partial charge in [0.25, 0.3) is 0 Å². The predicted octanol–water partition coefficient (Wildman–Crippen LogP) is 8.66. The van der Waals surface area contributed by atoms with Gasteiger partial charge in [-0.05, 0) is 41.3 Å². The Morgan fingerprint density at radius 1 is 0.500 bits per heavy atom. The van der Waals surface area contributed by atoms with Crippen molar-refractivity contribution in [2.45, 2.75) is 0 Å². The smallest absolute Gasteiger partial charge is 0.0561 e. The monoisotopic (exact) mass is 399 g/mol. The number of anilines is 3. The molecule has 0 saturated heterocycles. The number of rotatable bonds is 1. The van der Waals surface area contributed by atoms with Gasteiger partial charge in [-0.2, -0.15) is 0 Å². The average molecular weight is 400 g/mol. The first kappa shape index (κ1) is 16.2. The second-order valence-electron chi connectivity index (χ2n) is 7.78. The van der Waals surface area contributed by atoms with Gasteiger partial charge in [0.1, 0.15) is 0 Å². The van der Waals surface area contributed by atoms with Crippen LogP contribution in [-0.4, -0.2) is 0 Å². The molecule has 6 aromatic rings. The van der Waals surface area contributed by atoms with Gasteiger partial charge in [0.05, 0.1) is 11.4 Å². The summed E-state index contributed by atoms with van der Waals surface area (Å²) < 4.78 is 2.69. The van der Waals surface area contributed by atoms with Crippen LogP contribution in [0.3, 0.4) is 0 Å². The average Bonchev–Trinajstić information content (AvgIpc) is 3.18. The summed E-state index contributed by atoms with van der Waals surface area (Å²) in [6.45, 7) is 0. The highest BCUT2D eigenvalue weighted by Gasteiger charge is 2.27. The van der Waals surface area contributed by atoms with Crippen LogP contribution in [-0.2, 0) is 0 Å². The van der Waals surface area contributed by atoms with E-state index in [0.717, 1.165) is 0 Å². The molecule has 2 heterocycles. The fourth-order valence-corrected chi connectivity index (χ4v) is 6.12. The van der Waals surface area contributed by atoms with Crippen LogP contribution in [0.4, 0.5) is 17.1 Å². The van der Waals surface area contributed by atoms with Crippen molar-refractivity contribution in [2.24, 2.45) is 0 Å². The third kappa shape index (κ3) is 2.06. The minimum atomic E-state index is 1.20. The van der Waals surface area contributed by atoms with Crippen LogP contribution in [0.5, 0.6) is 0 Å². The van der Waals surface area contributed by atoms with Gasteiger partial charge in [-0.3, -0.25) is 0 Å². The van der Waals surface area contributed by atoms with E-state index in [-0.39, 0.29) is 0 Å². The highest BCUT2D eigenvalue weighted by atomic mass is 32.1. The zero-order chi connectivity index (χ0) is 19.7. The Balaban J connectivity index is 1.72. The summed E-state index contributed by atoms with van der Waals surface area (Å²) in [5.41, 5.74) is 6.32. The SMILES string of the molecule is c1ccc(N2c3ccccc3-c3cccc4c3c2cc2sc3ccccc3c24)cc1. The van der Waals surface area contributed by atoms with E-state index >= 15 is 0 Å². The van der Waals surface area contributed by atoms with Crippen molar-refractivity contribution in [2.75, 3.05) is 4.90 Å². The topological polar surface area (TPSA) is 3.24 Å². The van der Waals surface area contributed by atoms with Crippen molar-refractivity contribution in [1.82, 2.24) is 0 Å². The van der Waals surface area contributed by atoms with E-state index in [1.165, 1.54) is 59.1 Å². The van der Waals surface area contributed by atoms with Crippen molar-refractivity contribution in [3.8, 4) is 11.1 Å². The maximum Gasteiger partial charge on any atom is 0.0561 e. The molecule has 0 aliphatic carbocycles. The fourth-order valence-electron chi connectivity index (χ4n) is 4.96. The summed E-state index contributed by atoms with van der Waals surface area (Å²) in [6, 6.07) is 37.4. The highest BCUT2D eigenvalue weighted by molar-refractivity contribution is 7.26. The van der Waals surface area contributed by atoms with E-state index in [0.29, 0.717) is 0 Å². The molecule has 1 aliphatic heterocycles. The van der Waals surface area contributed by atoms with Gasteiger partial charge in [0.15, 0.2) is 0 Å². The van der Waals surface area contributed by atoms with Gasteiger partial charge in [0.2, 0.25) is 0 Å². The van der Waals surface area contributed by atoms with E-state index < -0.39 is 0 Å². The van der Waals surface area contributed by atoms with Gasteiger partial charge in [-0.1, -0.05) is 72.8 Å². The summed E-state index contributed by atoms with van der Waals surface area (Å²) in [6.07, 6.45) is 0. The molecule has 0 fully saturated rings. The number of nitrogens with zero attached hydrogens (tertiary/aromatic N) is 1. The van der Waals surface area contributed by atoms with Crippen LogP contribution in [0.15, 0.2) is 103 Å². The maximum absolute atomic E-state index is 2.43. The van der Waals surface area contributed by atoms with Gasteiger partial charge in [-0.15, -0.1) is 11.3 Å². The molecule has 1 aliphatic rings. The van der Waals surface area contributed by atoms with Gasteiger partial charge in [0, 0.05) is 36.8 Å². The quantitative estimate of drug-likeness (QED) is 0.267. The van der Waals surface area contributed by atoms with Gasteiger partial charge in [-0.25, -0.2) is 0 Å². The molecule has 0 radical (unpaired) electrons. The van der Waals surface area contributed by atoms with Crippen LogP contribution >= 0.6 is 11.3 Å². The Bertz CT molecular complexity index is 1590. The van der Waals surface area contributed by atoms with Crippen LogP contribution in [0.1, 0.15) is 0 Å². The lowest BCUT2D eigenvalue weighted by Crippen LogP contribution is -2.14. The van der Waals surface area contributed by atoms with Crippen LogP contribution in [0.2, 0.25) is 0 Å². The van der Waals surface area contributed by atoms with Crippen molar-refractivity contribution in [1.29, 1.82) is 0 Å². The Hall–Kier alpha value is -3.62. The molecule has 0 spiro atoms. The largest absolute Gasteiger partial charge is 0.309 e. The Kier molecular flexibility index (Phi) is 3.21. The Morgan fingerprint density at radius 3 is 2.17 bits per heavy atom. The van der Waals surface area contributed by atoms with E-state index in [4.69, 9.17) is 0 Å². The first-order chi connectivity index (χ1) is 14.9. The third-order valence-electron chi connectivity index (χ3n) is 6.17. The summed E-state index contributed by atoms with van der Waals surface area (Å²) in [4.78, 5) is 2.43. The molecule has 1 nitrogen and oxygen atoms in total. The lowest BCUT2D eigenvalue weighted by molar-refractivity contribution is 1.29. The number of para-hydroxylation sites is 2. The summed E-state index contributed by atoms with van der Waals surface area (Å²) in [7, 11) is 0. The molecule has 0 bridgehead atoms. The van der Waals surface area contributed by atoms with E-state index in [1.54, 1.807) is 0 Å². The minimum Gasteiger partial charge on any atom is -0.309 e. The molecule has 2 heteroatoms. The van der Waals surface area contributed by atoms with Crippen LogP contribution < -0.4 is 4.90 Å². The minimum absolute atomic E-state index is 1.20. The molecule has 0 saturated carbocycles. The zero-order valence-electron chi connectivity index (χ0n) is 16.2. The molecule has 1 aromatic heterocycles. The van der Waals surface area contributed by atoms with Crippen LogP contribution in [0, 0.1) is 0 Å². The van der Waals surface area contributed by atoms with Crippen molar-refractivity contribution < 1.29 is 0 Å². The summed E-state index contributed by atoms with van der Waals surface area (Å²) >= 11 is 1.89. The summed E-state index contributed by atoms with van der Waals surface area (Å²) in [5.74, 6) is 0. The first-order valence-electron chi connectivity index (χ1n) is 10.2. The fraction of sp³-hybridized carbons (Fsp3) is 0. The molecule has 7 rings (SSSR count).